The minimum atomic E-state index is -1.10. The molecule has 0 radical (unpaired) electrons. The highest BCUT2D eigenvalue weighted by Gasteiger charge is 2.29. The molecule has 2 N–H and O–H groups in total. The van der Waals surface area contributed by atoms with E-state index in [9.17, 15) is 19.4 Å². The van der Waals surface area contributed by atoms with Gasteiger partial charge in [-0.2, -0.15) is 0 Å². The van der Waals surface area contributed by atoms with Crippen LogP contribution in [0.5, 0.6) is 11.5 Å². The van der Waals surface area contributed by atoms with Crippen LogP contribution in [0.4, 0.5) is 4.39 Å². The zero-order valence-electron chi connectivity index (χ0n) is 18.1. The molecule has 4 rings (SSSR count). The molecular formula is C26H27FO5. The number of benzene rings is 2. The molecule has 32 heavy (non-hydrogen) atoms. The number of ether oxygens (including phenoxy) is 2. The molecular weight excluding hydrogens is 411 g/mol. The number of aliphatic hydroxyl groups is 1. The molecule has 6 heteroatoms. The summed E-state index contributed by atoms with van der Waals surface area (Å²) in [5.41, 5.74) is 2.92. The Labute approximate surface area is 186 Å². The number of fused-ring (bicyclic) bond motifs is 1. The maximum atomic E-state index is 14.3. The lowest BCUT2D eigenvalue weighted by atomic mass is 9.85. The average Bonchev–Trinajstić information content (AvgIpc) is 2.82. The number of aliphatic hydroxyl groups excluding tert-OH is 1. The van der Waals surface area contributed by atoms with E-state index >= 15 is 0 Å². The molecule has 5 nitrogen and oxygen atoms in total. The monoisotopic (exact) mass is 438 g/mol. The molecule has 0 saturated heterocycles. The highest BCUT2D eigenvalue weighted by Crippen LogP contribution is 2.37. The SMILES string of the molecule is COc1ccc(F)c(C2=CCC([C@@H]3CCc4ccc([C@H](O)[C@H](C)C(=O)O)cc4O3)C=C2)c1. The minimum Gasteiger partial charge on any atom is -0.497 e. The van der Waals surface area contributed by atoms with Crippen LogP contribution in [0.15, 0.2) is 54.6 Å². The van der Waals surface area contributed by atoms with Gasteiger partial charge in [-0.3, -0.25) is 4.79 Å². The van der Waals surface area contributed by atoms with Crippen LogP contribution in [-0.2, 0) is 11.2 Å². The van der Waals surface area contributed by atoms with Gasteiger partial charge in [0, 0.05) is 11.5 Å². The van der Waals surface area contributed by atoms with Gasteiger partial charge in [-0.05, 0) is 67.2 Å². The molecule has 1 aliphatic heterocycles. The van der Waals surface area contributed by atoms with E-state index in [1.165, 1.54) is 13.0 Å². The number of allylic oxidation sites excluding steroid dienone is 3. The highest BCUT2D eigenvalue weighted by atomic mass is 19.1. The molecule has 1 unspecified atom stereocenters. The molecule has 2 aromatic rings. The van der Waals surface area contributed by atoms with Gasteiger partial charge in [-0.1, -0.05) is 30.4 Å². The van der Waals surface area contributed by atoms with Gasteiger partial charge in [0.15, 0.2) is 0 Å². The molecule has 1 heterocycles. The predicted octanol–water partition coefficient (Wildman–Crippen LogP) is 4.94. The molecule has 0 spiro atoms. The first kappa shape index (κ1) is 22.1. The van der Waals surface area contributed by atoms with Crippen molar-refractivity contribution < 1.29 is 28.9 Å². The molecule has 0 bridgehead atoms. The zero-order valence-corrected chi connectivity index (χ0v) is 18.1. The number of hydrogen-bond acceptors (Lipinski definition) is 4. The summed E-state index contributed by atoms with van der Waals surface area (Å²) in [5.74, 6) is -0.792. The van der Waals surface area contributed by atoms with Crippen LogP contribution in [0.25, 0.3) is 5.57 Å². The van der Waals surface area contributed by atoms with Crippen LogP contribution in [-0.4, -0.2) is 29.4 Å². The fraction of sp³-hybridized carbons (Fsp3) is 0.346. The van der Waals surface area contributed by atoms with Gasteiger partial charge in [0.2, 0.25) is 0 Å². The second kappa shape index (κ2) is 9.17. The Morgan fingerprint density at radius 2 is 2.06 bits per heavy atom. The fourth-order valence-corrected chi connectivity index (χ4v) is 4.28. The van der Waals surface area contributed by atoms with E-state index in [0.717, 1.165) is 30.4 Å². The number of aliphatic carboxylic acids is 1. The third-order valence-corrected chi connectivity index (χ3v) is 6.37. The van der Waals surface area contributed by atoms with Crippen LogP contribution < -0.4 is 9.47 Å². The van der Waals surface area contributed by atoms with E-state index in [1.54, 1.807) is 31.4 Å². The first-order chi connectivity index (χ1) is 15.4. The topological polar surface area (TPSA) is 76.0 Å². The average molecular weight is 438 g/mol. The summed E-state index contributed by atoms with van der Waals surface area (Å²) >= 11 is 0. The Kier molecular flexibility index (Phi) is 6.33. The standard InChI is InChI=1S/C26H27FO5/c1-15(26(29)30)25(28)19-8-7-18-9-12-23(32-24(18)13-19)17-5-3-16(4-6-17)21-14-20(31-2)10-11-22(21)27/h3-5,7-8,10-11,13-15,17,23,25,28H,6,9,12H2,1-2H3,(H,29,30)/t15-,17?,23-,25+/m0/s1. The molecule has 2 aromatic carbocycles. The van der Waals surface area contributed by atoms with Crippen molar-refractivity contribution in [2.24, 2.45) is 11.8 Å². The van der Waals surface area contributed by atoms with E-state index in [1.807, 2.05) is 18.2 Å². The quantitative estimate of drug-likeness (QED) is 0.668. The molecule has 0 fully saturated rings. The van der Waals surface area contributed by atoms with Crippen molar-refractivity contribution in [1.29, 1.82) is 0 Å². The summed E-state index contributed by atoms with van der Waals surface area (Å²) < 4.78 is 25.8. The third-order valence-electron chi connectivity index (χ3n) is 6.37. The van der Waals surface area contributed by atoms with Crippen molar-refractivity contribution in [2.45, 2.75) is 38.4 Å². The second-order valence-corrected chi connectivity index (χ2v) is 8.40. The van der Waals surface area contributed by atoms with E-state index < -0.39 is 18.0 Å². The lowest BCUT2D eigenvalue weighted by Crippen LogP contribution is -2.30. The molecule has 0 amide bonds. The molecule has 1 aliphatic carbocycles. The van der Waals surface area contributed by atoms with Gasteiger partial charge >= 0.3 is 5.97 Å². The van der Waals surface area contributed by atoms with Gasteiger partial charge in [-0.25, -0.2) is 4.39 Å². The van der Waals surface area contributed by atoms with Crippen molar-refractivity contribution >= 4 is 11.5 Å². The van der Waals surface area contributed by atoms with E-state index in [-0.39, 0.29) is 17.8 Å². The van der Waals surface area contributed by atoms with Crippen molar-refractivity contribution in [3.8, 4) is 11.5 Å². The molecule has 2 aliphatic rings. The van der Waals surface area contributed by atoms with Crippen LogP contribution in [0.1, 0.15) is 42.6 Å². The van der Waals surface area contributed by atoms with Crippen LogP contribution in [0.2, 0.25) is 0 Å². The van der Waals surface area contributed by atoms with Gasteiger partial charge in [0.05, 0.1) is 19.1 Å². The van der Waals surface area contributed by atoms with E-state index in [2.05, 4.69) is 6.08 Å². The normalized spacial score (nSPS) is 21.7. The number of carboxylic acid groups (broad SMARTS) is 1. The summed E-state index contributed by atoms with van der Waals surface area (Å²) in [4.78, 5) is 11.2. The first-order valence-corrected chi connectivity index (χ1v) is 10.8. The summed E-state index contributed by atoms with van der Waals surface area (Å²) in [5, 5.41) is 19.6. The molecule has 4 atom stereocenters. The Hall–Kier alpha value is -3.12. The molecule has 0 aromatic heterocycles. The Bertz CT molecular complexity index is 1070. The predicted molar refractivity (Wildman–Crippen MR) is 119 cm³/mol. The van der Waals surface area contributed by atoms with Crippen molar-refractivity contribution in [2.75, 3.05) is 7.11 Å². The smallest absolute Gasteiger partial charge is 0.309 e. The number of carbonyl (C=O) groups is 1. The van der Waals surface area contributed by atoms with Crippen molar-refractivity contribution in [3.05, 3.63) is 77.1 Å². The molecule has 0 saturated carbocycles. The Morgan fingerprint density at radius 3 is 2.75 bits per heavy atom. The minimum absolute atomic E-state index is 0.0454. The van der Waals surface area contributed by atoms with Crippen molar-refractivity contribution in [3.63, 3.8) is 0 Å². The van der Waals surface area contributed by atoms with E-state index in [0.29, 0.717) is 22.6 Å². The van der Waals surface area contributed by atoms with Gasteiger partial charge in [0.1, 0.15) is 23.4 Å². The maximum absolute atomic E-state index is 14.3. The lowest BCUT2D eigenvalue weighted by Gasteiger charge is -2.32. The van der Waals surface area contributed by atoms with Gasteiger partial charge in [0.25, 0.3) is 0 Å². The summed E-state index contributed by atoms with van der Waals surface area (Å²) in [7, 11) is 1.56. The van der Waals surface area contributed by atoms with Crippen LogP contribution in [0.3, 0.4) is 0 Å². The fourth-order valence-electron chi connectivity index (χ4n) is 4.28. The van der Waals surface area contributed by atoms with Crippen LogP contribution >= 0.6 is 0 Å². The van der Waals surface area contributed by atoms with Crippen molar-refractivity contribution in [1.82, 2.24) is 0 Å². The summed E-state index contributed by atoms with van der Waals surface area (Å²) in [6.45, 7) is 1.48. The maximum Gasteiger partial charge on any atom is 0.309 e. The number of carboxylic acids is 1. The number of rotatable bonds is 6. The highest BCUT2D eigenvalue weighted by molar-refractivity contribution is 5.76. The zero-order chi connectivity index (χ0) is 22.8. The number of aryl methyl sites for hydroxylation is 1. The second-order valence-electron chi connectivity index (χ2n) is 8.40. The largest absolute Gasteiger partial charge is 0.497 e. The number of methoxy groups -OCH3 is 1. The Morgan fingerprint density at radius 1 is 1.25 bits per heavy atom. The Balaban J connectivity index is 1.47. The number of halogens is 1. The lowest BCUT2D eigenvalue weighted by molar-refractivity contribution is -0.145. The van der Waals surface area contributed by atoms with Crippen LogP contribution in [0, 0.1) is 17.7 Å². The third kappa shape index (κ3) is 4.41. The first-order valence-electron chi connectivity index (χ1n) is 10.8. The van der Waals surface area contributed by atoms with Gasteiger partial charge < -0.3 is 19.7 Å². The van der Waals surface area contributed by atoms with Gasteiger partial charge in [-0.15, -0.1) is 0 Å². The van der Waals surface area contributed by atoms with E-state index in [4.69, 9.17) is 9.47 Å². The summed E-state index contributed by atoms with van der Waals surface area (Å²) in [6.07, 6.45) is 7.30. The molecule has 168 valence electrons. The summed E-state index contributed by atoms with van der Waals surface area (Å²) in [6, 6.07) is 10.1. The number of hydrogen-bond donors (Lipinski definition) is 2.